The molecule has 1 fully saturated rings. The molecule has 7 nitrogen and oxygen atoms in total. The number of nitrogens with one attached hydrogen (secondary N) is 2. The van der Waals surface area contributed by atoms with Crippen LogP contribution in [0.25, 0.3) is 0 Å². The van der Waals surface area contributed by atoms with E-state index in [1.165, 1.54) is 10.9 Å². The van der Waals surface area contributed by atoms with Gasteiger partial charge in [0.1, 0.15) is 5.69 Å². The van der Waals surface area contributed by atoms with E-state index in [1.54, 1.807) is 7.05 Å². The Morgan fingerprint density at radius 3 is 3.06 bits per heavy atom. The van der Waals surface area contributed by atoms with E-state index in [-0.39, 0.29) is 17.9 Å². The third-order valence-corrected chi connectivity index (χ3v) is 2.78. The Labute approximate surface area is 98.4 Å². The molecule has 2 amide bonds. The van der Waals surface area contributed by atoms with Gasteiger partial charge in [0.15, 0.2) is 0 Å². The summed E-state index contributed by atoms with van der Waals surface area (Å²) in [7, 11) is 1.66. The molecule has 1 aromatic rings. The summed E-state index contributed by atoms with van der Waals surface area (Å²) in [5, 5.41) is 9.40. The number of nitrogens with zero attached hydrogens (tertiary/aromatic N) is 2. The summed E-state index contributed by atoms with van der Waals surface area (Å²) < 4.78 is 1.43. The zero-order valence-corrected chi connectivity index (χ0v) is 9.56. The van der Waals surface area contributed by atoms with E-state index < -0.39 is 0 Å². The number of aryl methyl sites for hydroxylation is 1. The molecule has 0 spiro atoms. The molecule has 1 saturated heterocycles. The number of nitrogens with two attached hydrogens (primary N) is 1. The van der Waals surface area contributed by atoms with E-state index >= 15 is 0 Å². The first kappa shape index (κ1) is 11.4. The second-order valence-corrected chi connectivity index (χ2v) is 4.09. The lowest BCUT2D eigenvalue weighted by atomic mass is 10.2. The number of aromatic nitrogens is 2. The van der Waals surface area contributed by atoms with E-state index in [0.717, 1.165) is 6.42 Å². The molecule has 0 radical (unpaired) electrons. The number of carbonyl (C=O) groups excluding carboxylic acids is 2. The van der Waals surface area contributed by atoms with Crippen LogP contribution in [0.2, 0.25) is 0 Å². The molecule has 1 aliphatic heterocycles. The number of hydrogen-bond donors (Lipinski definition) is 3. The predicted octanol–water partition coefficient (Wildman–Crippen LogP) is -0.989. The third kappa shape index (κ3) is 2.38. The largest absolute Gasteiger partial charge is 0.396 e. The highest BCUT2D eigenvalue weighted by molar-refractivity contribution is 5.97. The average molecular weight is 237 g/mol. The van der Waals surface area contributed by atoms with Crippen molar-refractivity contribution >= 4 is 17.5 Å². The molecule has 1 aromatic heterocycles. The molecule has 92 valence electrons. The molecule has 2 rings (SSSR count). The van der Waals surface area contributed by atoms with E-state index in [2.05, 4.69) is 15.7 Å². The van der Waals surface area contributed by atoms with Crippen molar-refractivity contribution in [3.63, 3.8) is 0 Å². The lowest BCUT2D eigenvalue weighted by molar-refractivity contribution is -0.119. The van der Waals surface area contributed by atoms with Gasteiger partial charge in [0.25, 0.3) is 5.91 Å². The third-order valence-electron chi connectivity index (χ3n) is 2.78. The first-order valence-electron chi connectivity index (χ1n) is 5.43. The maximum absolute atomic E-state index is 11.8. The summed E-state index contributed by atoms with van der Waals surface area (Å²) in [6.07, 6.45) is 2.71. The highest BCUT2D eigenvalue weighted by Crippen LogP contribution is 2.09. The molecule has 0 saturated carbocycles. The number of rotatable bonds is 3. The molecule has 1 atom stereocenters. The van der Waals surface area contributed by atoms with Crippen LogP contribution in [0.1, 0.15) is 23.3 Å². The Morgan fingerprint density at radius 1 is 1.76 bits per heavy atom. The van der Waals surface area contributed by atoms with Crippen molar-refractivity contribution in [2.45, 2.75) is 18.9 Å². The molecular formula is C10H15N5O2. The minimum absolute atomic E-state index is 0.0147. The van der Waals surface area contributed by atoms with Gasteiger partial charge in [-0.25, -0.2) is 0 Å². The topological polar surface area (TPSA) is 102 Å². The van der Waals surface area contributed by atoms with Gasteiger partial charge >= 0.3 is 0 Å². The summed E-state index contributed by atoms with van der Waals surface area (Å²) in [4.78, 5) is 22.8. The Balaban J connectivity index is 1.92. The molecule has 7 heteroatoms. The van der Waals surface area contributed by atoms with Gasteiger partial charge in [-0.05, 0) is 6.42 Å². The Bertz CT molecular complexity index is 434. The maximum Gasteiger partial charge on any atom is 0.271 e. The quantitative estimate of drug-likeness (QED) is 0.628. The highest BCUT2D eigenvalue weighted by Gasteiger charge is 2.22. The van der Waals surface area contributed by atoms with Crippen molar-refractivity contribution in [2.75, 3.05) is 12.3 Å². The number of carbonyl (C=O) groups is 2. The van der Waals surface area contributed by atoms with E-state index in [1.807, 2.05) is 0 Å². The van der Waals surface area contributed by atoms with Gasteiger partial charge in [0, 0.05) is 26.1 Å². The number of nitrogen functional groups attached to an aromatic ring is 1. The van der Waals surface area contributed by atoms with Gasteiger partial charge in [0.2, 0.25) is 5.91 Å². The molecular weight excluding hydrogens is 222 g/mol. The lowest BCUT2D eigenvalue weighted by Gasteiger charge is -2.11. The molecule has 2 heterocycles. The minimum atomic E-state index is -0.274. The van der Waals surface area contributed by atoms with Crippen LogP contribution < -0.4 is 16.4 Å². The molecule has 4 N–H and O–H groups in total. The van der Waals surface area contributed by atoms with Crippen molar-refractivity contribution in [2.24, 2.45) is 7.05 Å². The fraction of sp³-hybridized carbons (Fsp3) is 0.500. The number of amides is 2. The fourth-order valence-corrected chi connectivity index (χ4v) is 1.86. The lowest BCUT2D eigenvalue weighted by Crippen LogP contribution is -2.39. The Hall–Kier alpha value is -2.05. The van der Waals surface area contributed by atoms with Gasteiger partial charge in [0.05, 0.1) is 11.9 Å². The smallest absolute Gasteiger partial charge is 0.271 e. The van der Waals surface area contributed by atoms with Crippen LogP contribution >= 0.6 is 0 Å². The fourth-order valence-electron chi connectivity index (χ4n) is 1.86. The predicted molar refractivity (Wildman–Crippen MR) is 61.1 cm³/mol. The van der Waals surface area contributed by atoms with Crippen molar-refractivity contribution in [3.05, 3.63) is 11.9 Å². The van der Waals surface area contributed by atoms with Crippen molar-refractivity contribution in [3.8, 4) is 0 Å². The minimum Gasteiger partial charge on any atom is -0.396 e. The van der Waals surface area contributed by atoms with E-state index in [9.17, 15) is 9.59 Å². The van der Waals surface area contributed by atoms with Crippen LogP contribution in [-0.2, 0) is 11.8 Å². The SMILES string of the molecule is Cn1ncc(N)c1C(=O)NCC1CCC(=O)N1. The summed E-state index contributed by atoms with van der Waals surface area (Å²) in [5.74, 6) is -0.243. The highest BCUT2D eigenvalue weighted by atomic mass is 16.2. The molecule has 0 aromatic carbocycles. The van der Waals surface area contributed by atoms with Crippen LogP contribution in [0.3, 0.4) is 0 Å². The van der Waals surface area contributed by atoms with Crippen molar-refractivity contribution in [1.29, 1.82) is 0 Å². The van der Waals surface area contributed by atoms with Crippen molar-refractivity contribution < 1.29 is 9.59 Å². The van der Waals surface area contributed by atoms with Gasteiger partial charge in [-0.15, -0.1) is 0 Å². The average Bonchev–Trinajstić information content (AvgIpc) is 2.83. The van der Waals surface area contributed by atoms with Crippen LogP contribution in [0.5, 0.6) is 0 Å². The van der Waals surface area contributed by atoms with Gasteiger partial charge in [-0.2, -0.15) is 5.10 Å². The van der Waals surface area contributed by atoms with E-state index in [4.69, 9.17) is 5.73 Å². The summed E-state index contributed by atoms with van der Waals surface area (Å²) >= 11 is 0. The van der Waals surface area contributed by atoms with Gasteiger partial charge < -0.3 is 16.4 Å². The van der Waals surface area contributed by atoms with Crippen LogP contribution in [0.4, 0.5) is 5.69 Å². The summed E-state index contributed by atoms with van der Waals surface area (Å²) in [6, 6.07) is 0.0147. The van der Waals surface area contributed by atoms with Crippen LogP contribution in [0, 0.1) is 0 Å². The summed E-state index contributed by atoms with van der Waals surface area (Å²) in [6.45, 7) is 0.412. The van der Waals surface area contributed by atoms with E-state index in [0.29, 0.717) is 24.3 Å². The maximum atomic E-state index is 11.8. The Morgan fingerprint density at radius 2 is 2.53 bits per heavy atom. The second-order valence-electron chi connectivity index (χ2n) is 4.09. The normalized spacial score (nSPS) is 19.1. The molecule has 0 bridgehead atoms. The standard InChI is InChI=1S/C10H15N5O2/c1-15-9(7(11)5-13-15)10(17)12-4-6-2-3-8(16)14-6/h5-6H,2-4,11H2,1H3,(H,12,17)(H,14,16). The monoisotopic (exact) mass is 237 g/mol. The van der Waals surface area contributed by atoms with Gasteiger partial charge in [-0.1, -0.05) is 0 Å². The number of anilines is 1. The number of hydrogen-bond acceptors (Lipinski definition) is 4. The first-order valence-corrected chi connectivity index (χ1v) is 5.43. The van der Waals surface area contributed by atoms with Crippen molar-refractivity contribution in [1.82, 2.24) is 20.4 Å². The zero-order valence-electron chi connectivity index (χ0n) is 9.56. The summed E-state index contributed by atoms with van der Waals surface area (Å²) in [5.41, 5.74) is 6.32. The zero-order chi connectivity index (χ0) is 12.4. The first-order chi connectivity index (χ1) is 8.08. The second kappa shape index (κ2) is 4.44. The molecule has 0 aliphatic carbocycles. The Kier molecular flexibility index (Phi) is 2.99. The van der Waals surface area contributed by atoms with Gasteiger partial charge in [-0.3, -0.25) is 14.3 Å². The molecule has 17 heavy (non-hydrogen) atoms. The molecule has 1 aliphatic rings. The van der Waals surface area contributed by atoms with Crippen LogP contribution in [-0.4, -0.2) is 34.2 Å². The molecule has 1 unspecified atom stereocenters. The van der Waals surface area contributed by atoms with Crippen LogP contribution in [0.15, 0.2) is 6.20 Å².